The van der Waals surface area contributed by atoms with Crippen LogP contribution in [0.25, 0.3) is 32.3 Å². The monoisotopic (exact) mass is 821 g/mol. The molecule has 6 aromatic rings. The molecule has 0 fully saturated rings. The first-order valence-electron chi connectivity index (χ1n) is 12.9. The van der Waals surface area contributed by atoms with Crippen LogP contribution in [0, 0.1) is 0 Å². The molecule has 3 heterocycles. The van der Waals surface area contributed by atoms with Crippen LogP contribution in [0.15, 0.2) is 73.2 Å². The van der Waals surface area contributed by atoms with Gasteiger partial charge in [-0.15, -0.1) is 0 Å². The number of nitrogens with zero attached hydrogens (tertiary/aromatic N) is 3. The summed E-state index contributed by atoms with van der Waals surface area (Å²) in [5.74, 6) is 1.35. The van der Waals surface area contributed by atoms with Gasteiger partial charge in [0.25, 0.3) is 6.47 Å². The molecule has 0 spiro atoms. The Balaban J connectivity index is 0.000000650. The maximum atomic E-state index is 9.47. The van der Waals surface area contributed by atoms with Gasteiger partial charge in [0.05, 0.1) is 47.4 Å². The van der Waals surface area contributed by atoms with Crippen molar-refractivity contribution in [1.82, 2.24) is 15.0 Å². The minimum atomic E-state index is -0.181. The molecule has 0 aliphatic carbocycles. The molecule has 0 radical (unpaired) electrons. The summed E-state index contributed by atoms with van der Waals surface area (Å²) in [5, 5.41) is 25.3. The van der Waals surface area contributed by atoms with Gasteiger partial charge in [0.15, 0.2) is 0 Å². The third-order valence-corrected chi connectivity index (χ3v) is 7.75. The number of benzene rings is 3. The van der Waals surface area contributed by atoms with E-state index in [1.807, 2.05) is 37.3 Å². The van der Waals surface area contributed by atoms with Gasteiger partial charge in [-0.3, -0.25) is 4.79 Å². The molecule has 48 heavy (non-hydrogen) atoms. The van der Waals surface area contributed by atoms with E-state index >= 15 is 0 Å². The third kappa shape index (κ3) is 12.2. The van der Waals surface area contributed by atoms with Gasteiger partial charge in [0.2, 0.25) is 0 Å². The van der Waals surface area contributed by atoms with Crippen LogP contribution in [-0.2, 0) is 9.68 Å². The fourth-order valence-electron chi connectivity index (χ4n) is 4.02. The summed E-state index contributed by atoms with van der Waals surface area (Å²) in [6.07, 6.45) is 4.45. The number of carbonyl (C=O) groups is 1. The maximum absolute atomic E-state index is 9.47. The minimum absolute atomic E-state index is 0. The molecule has 1 N–H and O–H groups in total. The smallest absolute Gasteiger partial charge is 1.00 e. The van der Waals surface area contributed by atoms with Crippen molar-refractivity contribution in [2.24, 2.45) is 0 Å². The van der Waals surface area contributed by atoms with E-state index in [9.17, 15) is 5.11 Å². The molecule has 3 aromatic heterocycles. The molecule has 0 saturated carbocycles. The first-order valence-corrected chi connectivity index (χ1v) is 15.1. The van der Waals surface area contributed by atoms with Crippen molar-refractivity contribution in [1.29, 1.82) is 0 Å². The Kier molecular flexibility index (Phi) is 22.2. The van der Waals surface area contributed by atoms with Gasteiger partial charge in [-0.1, -0.05) is 106 Å². The molecule has 0 bridgehead atoms. The molecule has 0 aliphatic heterocycles. The Hall–Kier alpha value is -0.267. The molecular formula is C31H23Cl6K2N3O6. The normalized spacial score (nSPS) is 9.69. The average molecular weight is 824 g/mol. The standard InChI is InChI=1S/C11H9Cl2NO.C10H7Cl2NO.C9H5Cl2NO.CH2O3.2K.H/c1-2-15-9-6-14-11(13)7-4-3-5-8(12)10(7)9;1-14-8-5-13-10(12)6-3-2-4-7(11)9(6)8;10-6-3-1-2-5-8(6)7(13)4-12-9(5)11;2-1-4-3;;;/h3-6H,2H2,1H3;2-5H,1H3;1-4,13H;1,3H;;;/q;;;;2*+1;-1/p-1. The first kappa shape index (κ1) is 45.8. The molecule has 0 saturated heterocycles. The molecule has 242 valence electrons. The summed E-state index contributed by atoms with van der Waals surface area (Å²) < 4.78 is 10.6. The second kappa shape index (κ2) is 23.3. The van der Waals surface area contributed by atoms with Crippen LogP contribution in [-0.4, -0.2) is 40.2 Å². The first-order chi connectivity index (χ1) is 22.1. The molecule has 3 aromatic carbocycles. The van der Waals surface area contributed by atoms with E-state index in [0.717, 1.165) is 21.5 Å². The zero-order chi connectivity index (χ0) is 33.8. The molecule has 0 unspecified atom stereocenters. The quantitative estimate of drug-likeness (QED) is 0.0938. The van der Waals surface area contributed by atoms with Gasteiger partial charge in [0.1, 0.15) is 32.7 Å². The number of ether oxygens (including phenoxy) is 2. The van der Waals surface area contributed by atoms with Crippen LogP contribution in [0.3, 0.4) is 0 Å². The summed E-state index contributed by atoms with van der Waals surface area (Å²) in [7, 11) is 1.58. The maximum Gasteiger partial charge on any atom is 1.00 e. The average Bonchev–Trinajstić information content (AvgIpc) is 3.06. The van der Waals surface area contributed by atoms with Crippen LogP contribution in [0.1, 0.15) is 8.35 Å². The zero-order valence-electron chi connectivity index (χ0n) is 26.8. The molecule has 0 aliphatic rings. The number of pyridine rings is 3. The minimum Gasteiger partial charge on any atom is -1.00 e. The largest absolute Gasteiger partial charge is 1.00 e. The summed E-state index contributed by atoms with van der Waals surface area (Å²) in [6.45, 7) is 2.31. The van der Waals surface area contributed by atoms with Crippen molar-refractivity contribution in [2.75, 3.05) is 13.7 Å². The van der Waals surface area contributed by atoms with Gasteiger partial charge in [-0.05, 0) is 25.1 Å². The van der Waals surface area contributed by atoms with Gasteiger partial charge in [-0.2, -0.15) is 0 Å². The van der Waals surface area contributed by atoms with Crippen molar-refractivity contribution in [3.63, 3.8) is 0 Å². The number of fused-ring (bicyclic) bond motifs is 3. The van der Waals surface area contributed by atoms with Crippen LogP contribution >= 0.6 is 69.6 Å². The number of rotatable bonds is 4. The van der Waals surface area contributed by atoms with Gasteiger partial charge >= 0.3 is 103 Å². The van der Waals surface area contributed by atoms with E-state index in [1.54, 1.807) is 43.8 Å². The molecule has 9 nitrogen and oxygen atoms in total. The summed E-state index contributed by atoms with van der Waals surface area (Å²) >= 11 is 35.8. The number of halogens is 6. The van der Waals surface area contributed by atoms with Crippen LogP contribution in [0.2, 0.25) is 30.5 Å². The predicted octanol–water partition coefficient (Wildman–Crippen LogP) is 3.29. The number of aromatic hydroxyl groups is 1. The van der Waals surface area contributed by atoms with Crippen LogP contribution in [0.5, 0.6) is 17.2 Å². The molecular weight excluding hydrogens is 801 g/mol. The van der Waals surface area contributed by atoms with Crippen molar-refractivity contribution < 1.29 is 134 Å². The van der Waals surface area contributed by atoms with Gasteiger partial charge in [0, 0.05) is 32.3 Å². The van der Waals surface area contributed by atoms with E-state index in [1.165, 1.54) is 6.20 Å². The Bertz CT molecular complexity index is 1980. The van der Waals surface area contributed by atoms with E-state index in [0.29, 0.717) is 59.4 Å². The number of methoxy groups -OCH3 is 1. The predicted molar refractivity (Wildman–Crippen MR) is 183 cm³/mol. The summed E-state index contributed by atoms with van der Waals surface area (Å²) in [4.78, 5) is 23.1. The summed E-state index contributed by atoms with van der Waals surface area (Å²) in [5.41, 5.74) is 0. The van der Waals surface area contributed by atoms with E-state index < -0.39 is 0 Å². The Labute approximate surface area is 392 Å². The van der Waals surface area contributed by atoms with Crippen molar-refractivity contribution >= 4 is 108 Å². The summed E-state index contributed by atoms with van der Waals surface area (Å²) in [6, 6.07) is 16.2. The number of aromatic nitrogens is 3. The van der Waals surface area contributed by atoms with Crippen molar-refractivity contribution in [3.8, 4) is 17.2 Å². The number of hydrogen-bond donors (Lipinski definition) is 1. The zero-order valence-corrected chi connectivity index (χ0v) is 36.6. The SMILES string of the molecule is CCOc1cnc(Cl)c2cccc(Cl)c12.COc1cnc(Cl)c2cccc(Cl)c12.O=CO[O-].Oc1cnc(Cl)c2cccc(Cl)c12.[H-].[K+].[K+]. The van der Waals surface area contributed by atoms with Gasteiger partial charge < -0.3 is 26.2 Å². The van der Waals surface area contributed by atoms with E-state index in [-0.39, 0.29) is 116 Å². The number of carbonyl (C=O) groups excluding carboxylic acids is 1. The number of hydrogen-bond acceptors (Lipinski definition) is 9. The second-order valence-corrected chi connectivity index (χ2v) is 10.9. The Morgan fingerprint density at radius 3 is 1.48 bits per heavy atom. The fourth-order valence-corrected chi connectivity index (χ4v) is 5.45. The molecule has 6 rings (SSSR count). The van der Waals surface area contributed by atoms with Crippen molar-refractivity contribution in [3.05, 3.63) is 104 Å². The molecule has 0 amide bonds. The van der Waals surface area contributed by atoms with E-state index in [4.69, 9.17) is 89.1 Å². The Morgan fingerprint density at radius 2 is 1.08 bits per heavy atom. The van der Waals surface area contributed by atoms with Gasteiger partial charge in [-0.25, -0.2) is 15.0 Å². The van der Waals surface area contributed by atoms with E-state index in [2.05, 4.69) is 19.8 Å². The Morgan fingerprint density at radius 1 is 0.708 bits per heavy atom. The molecule has 0 atom stereocenters. The molecule has 17 heteroatoms. The van der Waals surface area contributed by atoms with Crippen LogP contribution in [0.4, 0.5) is 0 Å². The van der Waals surface area contributed by atoms with Crippen molar-refractivity contribution in [2.45, 2.75) is 6.92 Å². The second-order valence-electron chi connectivity index (χ2n) is 8.58. The van der Waals surface area contributed by atoms with Crippen LogP contribution < -0.4 is 118 Å². The fraction of sp³-hybridized carbons (Fsp3) is 0.0968. The topological polar surface area (TPSA) is 127 Å². The third-order valence-electron chi connectivity index (χ3n) is 5.91.